The fraction of sp³-hybridized carbons (Fsp3) is 0.176. The van der Waals surface area contributed by atoms with E-state index in [4.69, 9.17) is 4.74 Å². The van der Waals surface area contributed by atoms with Gasteiger partial charge in [-0.05, 0) is 42.8 Å². The van der Waals surface area contributed by atoms with E-state index in [0.29, 0.717) is 28.2 Å². The third-order valence-electron chi connectivity index (χ3n) is 3.67. The van der Waals surface area contributed by atoms with Crippen LogP contribution in [0.25, 0.3) is 10.9 Å². The van der Waals surface area contributed by atoms with Gasteiger partial charge in [-0.3, -0.25) is 4.79 Å². The molecule has 0 unspecified atom stereocenters. The number of carbonyl (C=O) groups excluding carboxylic acids is 1. The molecule has 2 aromatic carbocycles. The SMILES string of the molecule is COc1c2ccc(C(=O)Nc3ccc(C)c(F)c3)cc2nn1C. The van der Waals surface area contributed by atoms with E-state index in [1.54, 1.807) is 56.1 Å². The fourth-order valence-corrected chi connectivity index (χ4v) is 2.43. The van der Waals surface area contributed by atoms with Crippen LogP contribution in [0.3, 0.4) is 0 Å². The number of hydrogen-bond acceptors (Lipinski definition) is 3. The maximum atomic E-state index is 13.5. The number of hydrogen-bond donors (Lipinski definition) is 1. The van der Waals surface area contributed by atoms with Crippen LogP contribution in [-0.2, 0) is 7.05 Å². The molecule has 3 aromatic rings. The minimum absolute atomic E-state index is 0.320. The van der Waals surface area contributed by atoms with Crippen LogP contribution in [0.15, 0.2) is 36.4 Å². The van der Waals surface area contributed by atoms with Gasteiger partial charge >= 0.3 is 0 Å². The second-order valence-electron chi connectivity index (χ2n) is 5.28. The number of benzene rings is 2. The van der Waals surface area contributed by atoms with Crippen LogP contribution >= 0.6 is 0 Å². The average molecular weight is 313 g/mol. The van der Waals surface area contributed by atoms with Crippen LogP contribution in [0.1, 0.15) is 15.9 Å². The zero-order valence-corrected chi connectivity index (χ0v) is 13.1. The van der Waals surface area contributed by atoms with Gasteiger partial charge in [-0.25, -0.2) is 9.07 Å². The molecule has 1 aromatic heterocycles. The molecule has 0 spiro atoms. The third-order valence-corrected chi connectivity index (χ3v) is 3.67. The quantitative estimate of drug-likeness (QED) is 0.807. The molecule has 23 heavy (non-hydrogen) atoms. The number of amides is 1. The number of halogens is 1. The molecule has 1 heterocycles. The number of fused-ring (bicyclic) bond motifs is 1. The fourth-order valence-electron chi connectivity index (χ4n) is 2.43. The Morgan fingerprint density at radius 2 is 2.04 bits per heavy atom. The van der Waals surface area contributed by atoms with Gasteiger partial charge in [0.2, 0.25) is 5.88 Å². The summed E-state index contributed by atoms with van der Waals surface area (Å²) in [6, 6.07) is 9.74. The first-order chi connectivity index (χ1) is 11.0. The van der Waals surface area contributed by atoms with Crippen molar-refractivity contribution in [3.63, 3.8) is 0 Å². The van der Waals surface area contributed by atoms with Gasteiger partial charge in [-0.15, -0.1) is 0 Å². The topological polar surface area (TPSA) is 56.1 Å². The number of rotatable bonds is 3. The van der Waals surface area contributed by atoms with Gasteiger partial charge in [0.05, 0.1) is 18.0 Å². The second-order valence-corrected chi connectivity index (χ2v) is 5.28. The minimum atomic E-state index is -0.354. The van der Waals surface area contributed by atoms with Crippen LogP contribution in [-0.4, -0.2) is 22.8 Å². The van der Waals surface area contributed by atoms with Crippen molar-refractivity contribution in [2.75, 3.05) is 12.4 Å². The Hall–Kier alpha value is -2.89. The summed E-state index contributed by atoms with van der Waals surface area (Å²) in [4.78, 5) is 12.3. The van der Waals surface area contributed by atoms with Crippen LogP contribution in [0.4, 0.5) is 10.1 Å². The smallest absolute Gasteiger partial charge is 0.255 e. The Morgan fingerprint density at radius 3 is 2.74 bits per heavy atom. The number of nitrogens with one attached hydrogen (secondary N) is 1. The summed E-state index contributed by atoms with van der Waals surface area (Å²) in [6.45, 7) is 1.67. The third kappa shape index (κ3) is 2.75. The van der Waals surface area contributed by atoms with Gasteiger partial charge in [0.25, 0.3) is 5.91 Å². The molecule has 3 rings (SSSR count). The Balaban J connectivity index is 1.90. The summed E-state index contributed by atoms with van der Waals surface area (Å²) in [7, 11) is 3.34. The summed E-state index contributed by atoms with van der Waals surface area (Å²) in [5.74, 6) is -0.0416. The Bertz CT molecular complexity index is 902. The molecule has 0 fully saturated rings. The van der Waals surface area contributed by atoms with Gasteiger partial charge < -0.3 is 10.1 Å². The van der Waals surface area contributed by atoms with Gasteiger partial charge in [0, 0.05) is 18.3 Å². The van der Waals surface area contributed by atoms with Crippen molar-refractivity contribution in [3.05, 3.63) is 53.3 Å². The van der Waals surface area contributed by atoms with E-state index >= 15 is 0 Å². The van der Waals surface area contributed by atoms with Crippen molar-refractivity contribution in [1.29, 1.82) is 0 Å². The molecule has 118 valence electrons. The number of aromatic nitrogens is 2. The zero-order chi connectivity index (χ0) is 16.6. The highest BCUT2D eigenvalue weighted by molar-refractivity contribution is 6.06. The molecule has 0 aliphatic heterocycles. The van der Waals surface area contributed by atoms with E-state index in [9.17, 15) is 9.18 Å². The predicted molar refractivity (Wildman–Crippen MR) is 86.4 cm³/mol. The number of methoxy groups -OCH3 is 1. The Labute approximate surface area is 132 Å². The van der Waals surface area contributed by atoms with E-state index in [1.807, 2.05) is 0 Å². The number of carbonyl (C=O) groups is 1. The lowest BCUT2D eigenvalue weighted by atomic mass is 10.1. The molecule has 0 saturated heterocycles. The highest BCUT2D eigenvalue weighted by Gasteiger charge is 2.13. The highest BCUT2D eigenvalue weighted by atomic mass is 19.1. The lowest BCUT2D eigenvalue weighted by molar-refractivity contribution is 0.102. The standard InChI is InChI=1S/C17H16FN3O2/c1-10-4-6-12(9-14(10)18)19-16(22)11-5-7-13-15(8-11)20-21(2)17(13)23-3/h4-9H,1-3H3,(H,19,22). The summed E-state index contributed by atoms with van der Waals surface area (Å²) in [5, 5.41) is 7.82. The molecule has 0 saturated carbocycles. The second kappa shape index (κ2) is 5.72. The minimum Gasteiger partial charge on any atom is -0.481 e. The van der Waals surface area contributed by atoms with Crippen molar-refractivity contribution in [1.82, 2.24) is 9.78 Å². The van der Waals surface area contributed by atoms with Gasteiger partial charge in [0.1, 0.15) is 5.82 Å². The maximum absolute atomic E-state index is 13.5. The number of nitrogens with zero attached hydrogens (tertiary/aromatic N) is 2. The molecular formula is C17H16FN3O2. The molecule has 0 bridgehead atoms. The molecule has 1 N–H and O–H groups in total. The van der Waals surface area contributed by atoms with Crippen molar-refractivity contribution < 1.29 is 13.9 Å². The first kappa shape index (κ1) is 15.0. The van der Waals surface area contributed by atoms with Gasteiger partial charge in [0.15, 0.2) is 0 Å². The first-order valence-electron chi connectivity index (χ1n) is 7.08. The van der Waals surface area contributed by atoms with Crippen LogP contribution in [0.2, 0.25) is 0 Å². The molecule has 5 nitrogen and oxygen atoms in total. The van der Waals surface area contributed by atoms with Gasteiger partial charge in [-0.2, -0.15) is 5.10 Å². The number of ether oxygens (including phenoxy) is 1. The molecule has 1 amide bonds. The summed E-state index contributed by atoms with van der Waals surface area (Å²) in [5.41, 5.74) is 2.05. The molecule has 0 atom stereocenters. The van der Waals surface area contributed by atoms with Crippen LogP contribution < -0.4 is 10.1 Å². The van der Waals surface area contributed by atoms with Crippen molar-refractivity contribution in [2.24, 2.45) is 7.05 Å². The Kier molecular flexibility index (Phi) is 3.73. The maximum Gasteiger partial charge on any atom is 0.255 e. The van der Waals surface area contributed by atoms with E-state index in [1.165, 1.54) is 6.07 Å². The van der Waals surface area contributed by atoms with E-state index in [2.05, 4.69) is 10.4 Å². The first-order valence-corrected chi connectivity index (χ1v) is 7.08. The van der Waals surface area contributed by atoms with Crippen LogP contribution in [0, 0.1) is 12.7 Å². The van der Waals surface area contributed by atoms with Crippen LogP contribution in [0.5, 0.6) is 5.88 Å². The largest absolute Gasteiger partial charge is 0.481 e. The van der Waals surface area contributed by atoms with E-state index in [0.717, 1.165) is 5.39 Å². The lowest BCUT2D eigenvalue weighted by Gasteiger charge is -2.06. The number of anilines is 1. The van der Waals surface area contributed by atoms with Crippen molar-refractivity contribution in [2.45, 2.75) is 6.92 Å². The average Bonchev–Trinajstić information content (AvgIpc) is 2.85. The summed E-state index contributed by atoms with van der Waals surface area (Å²) < 4.78 is 20.4. The normalized spacial score (nSPS) is 10.8. The van der Waals surface area contributed by atoms with E-state index in [-0.39, 0.29) is 11.7 Å². The lowest BCUT2D eigenvalue weighted by Crippen LogP contribution is -2.12. The van der Waals surface area contributed by atoms with Crippen molar-refractivity contribution >= 4 is 22.5 Å². The number of aryl methyl sites for hydroxylation is 2. The molecule has 6 heteroatoms. The molecular weight excluding hydrogens is 297 g/mol. The molecule has 0 aliphatic rings. The molecule has 0 radical (unpaired) electrons. The van der Waals surface area contributed by atoms with E-state index < -0.39 is 0 Å². The Morgan fingerprint density at radius 1 is 1.26 bits per heavy atom. The molecule has 0 aliphatic carbocycles. The predicted octanol–water partition coefficient (Wildman–Crippen LogP) is 3.28. The highest BCUT2D eigenvalue weighted by Crippen LogP contribution is 2.25. The zero-order valence-electron chi connectivity index (χ0n) is 13.1. The summed E-state index contributed by atoms with van der Waals surface area (Å²) in [6.07, 6.45) is 0. The van der Waals surface area contributed by atoms with Gasteiger partial charge in [-0.1, -0.05) is 6.07 Å². The van der Waals surface area contributed by atoms with Crippen molar-refractivity contribution in [3.8, 4) is 5.88 Å². The monoisotopic (exact) mass is 313 g/mol. The summed E-state index contributed by atoms with van der Waals surface area (Å²) >= 11 is 0.